The van der Waals surface area contributed by atoms with E-state index in [2.05, 4.69) is 5.10 Å². The molecule has 2 rings (SSSR count). The highest BCUT2D eigenvalue weighted by Gasteiger charge is 2.03. The van der Waals surface area contributed by atoms with Gasteiger partial charge in [0.2, 0.25) is 0 Å². The van der Waals surface area contributed by atoms with Crippen molar-refractivity contribution in [3.05, 3.63) is 53.9 Å². The standard InChI is InChI=1S/C13H13N3O/c1-16-9-11(8-15-16)13(17)7-4-10-2-5-12(14)6-3-10/h2-9H,14H2,1H3/b7-4+. The van der Waals surface area contributed by atoms with Crippen molar-refractivity contribution in [3.63, 3.8) is 0 Å². The van der Waals surface area contributed by atoms with Crippen molar-refractivity contribution >= 4 is 17.5 Å². The summed E-state index contributed by atoms with van der Waals surface area (Å²) in [6.07, 6.45) is 6.53. The number of nitrogen functional groups attached to an aromatic ring is 1. The number of allylic oxidation sites excluding steroid dienone is 1. The van der Waals surface area contributed by atoms with Gasteiger partial charge < -0.3 is 5.73 Å². The lowest BCUT2D eigenvalue weighted by molar-refractivity contribution is 0.104. The molecular formula is C13H13N3O. The van der Waals surface area contributed by atoms with Gasteiger partial charge in [-0.15, -0.1) is 0 Å². The van der Waals surface area contributed by atoms with E-state index in [1.807, 2.05) is 12.1 Å². The number of carbonyl (C=O) groups is 1. The Morgan fingerprint density at radius 3 is 2.65 bits per heavy atom. The number of benzene rings is 1. The third kappa shape index (κ3) is 2.81. The van der Waals surface area contributed by atoms with Gasteiger partial charge in [-0.3, -0.25) is 9.48 Å². The fourth-order valence-electron chi connectivity index (χ4n) is 1.42. The minimum absolute atomic E-state index is 0.0603. The van der Waals surface area contributed by atoms with Gasteiger partial charge in [0.15, 0.2) is 5.78 Å². The van der Waals surface area contributed by atoms with Crippen LogP contribution >= 0.6 is 0 Å². The first-order valence-corrected chi connectivity index (χ1v) is 5.22. The highest BCUT2D eigenvalue weighted by Crippen LogP contribution is 2.08. The molecule has 0 bridgehead atoms. The Morgan fingerprint density at radius 2 is 2.06 bits per heavy atom. The Labute approximate surface area is 99.4 Å². The molecule has 0 aliphatic rings. The third-order valence-electron chi connectivity index (χ3n) is 2.35. The van der Waals surface area contributed by atoms with E-state index in [4.69, 9.17) is 5.73 Å². The van der Waals surface area contributed by atoms with Gasteiger partial charge in [0.25, 0.3) is 0 Å². The lowest BCUT2D eigenvalue weighted by Gasteiger charge is -1.94. The smallest absolute Gasteiger partial charge is 0.189 e. The minimum Gasteiger partial charge on any atom is -0.399 e. The van der Waals surface area contributed by atoms with Crippen molar-refractivity contribution < 1.29 is 4.79 Å². The second-order valence-electron chi connectivity index (χ2n) is 3.77. The first-order valence-electron chi connectivity index (χ1n) is 5.22. The Balaban J connectivity index is 2.10. The van der Waals surface area contributed by atoms with Crippen molar-refractivity contribution in [3.8, 4) is 0 Å². The van der Waals surface area contributed by atoms with Crippen molar-refractivity contribution in [2.45, 2.75) is 0 Å². The molecule has 0 unspecified atom stereocenters. The summed E-state index contributed by atoms with van der Waals surface area (Å²) in [4.78, 5) is 11.7. The highest BCUT2D eigenvalue weighted by atomic mass is 16.1. The summed E-state index contributed by atoms with van der Waals surface area (Å²) in [7, 11) is 1.78. The number of rotatable bonds is 3. The molecule has 2 N–H and O–H groups in total. The largest absolute Gasteiger partial charge is 0.399 e. The van der Waals surface area contributed by atoms with Gasteiger partial charge in [0, 0.05) is 18.9 Å². The maximum Gasteiger partial charge on any atom is 0.189 e. The van der Waals surface area contributed by atoms with Crippen LogP contribution in [0.25, 0.3) is 6.08 Å². The topological polar surface area (TPSA) is 60.9 Å². The van der Waals surface area contributed by atoms with Gasteiger partial charge in [0.1, 0.15) is 0 Å². The normalized spacial score (nSPS) is 10.9. The molecule has 4 nitrogen and oxygen atoms in total. The predicted molar refractivity (Wildman–Crippen MR) is 67.4 cm³/mol. The summed E-state index contributed by atoms with van der Waals surface area (Å²) < 4.78 is 1.60. The number of anilines is 1. The van der Waals surface area contributed by atoms with E-state index in [1.165, 1.54) is 6.08 Å². The van der Waals surface area contributed by atoms with E-state index in [-0.39, 0.29) is 5.78 Å². The summed E-state index contributed by atoms with van der Waals surface area (Å²) >= 11 is 0. The second-order valence-corrected chi connectivity index (χ2v) is 3.77. The lowest BCUT2D eigenvalue weighted by Crippen LogP contribution is -1.92. The molecule has 0 spiro atoms. The summed E-state index contributed by atoms with van der Waals surface area (Å²) in [5.74, 6) is -0.0603. The molecule has 1 aromatic heterocycles. The molecule has 1 heterocycles. The minimum atomic E-state index is -0.0603. The maximum atomic E-state index is 11.7. The molecule has 0 radical (unpaired) electrons. The van der Waals surface area contributed by atoms with Crippen LogP contribution in [0.4, 0.5) is 5.69 Å². The van der Waals surface area contributed by atoms with Crippen molar-refractivity contribution in [1.29, 1.82) is 0 Å². The van der Waals surface area contributed by atoms with E-state index >= 15 is 0 Å². The Kier molecular flexibility index (Phi) is 3.05. The molecule has 4 heteroatoms. The van der Waals surface area contributed by atoms with Crippen molar-refractivity contribution in [2.75, 3.05) is 5.73 Å². The van der Waals surface area contributed by atoms with E-state index in [9.17, 15) is 4.79 Å². The molecule has 1 aromatic carbocycles. The van der Waals surface area contributed by atoms with Crippen LogP contribution in [0.5, 0.6) is 0 Å². The number of aromatic nitrogens is 2. The molecule has 86 valence electrons. The van der Waals surface area contributed by atoms with Gasteiger partial charge in [-0.05, 0) is 23.8 Å². The molecule has 0 saturated heterocycles. The number of carbonyl (C=O) groups excluding carboxylic acids is 1. The van der Waals surface area contributed by atoms with E-state index in [1.54, 1.807) is 42.3 Å². The van der Waals surface area contributed by atoms with Crippen LogP contribution in [0.3, 0.4) is 0 Å². The molecule has 0 fully saturated rings. The number of ketones is 1. The van der Waals surface area contributed by atoms with E-state index < -0.39 is 0 Å². The quantitative estimate of drug-likeness (QED) is 0.495. The van der Waals surface area contributed by atoms with Crippen molar-refractivity contribution in [1.82, 2.24) is 9.78 Å². The molecule has 0 aliphatic carbocycles. The molecule has 0 saturated carbocycles. The maximum absolute atomic E-state index is 11.7. The van der Waals surface area contributed by atoms with Crippen LogP contribution in [-0.2, 0) is 7.05 Å². The average Bonchev–Trinajstić information content (AvgIpc) is 2.75. The monoisotopic (exact) mass is 227 g/mol. The van der Waals surface area contributed by atoms with Crippen molar-refractivity contribution in [2.24, 2.45) is 7.05 Å². The summed E-state index contributed by atoms with van der Waals surface area (Å²) in [6.45, 7) is 0. The first-order chi connectivity index (χ1) is 8.15. The van der Waals surface area contributed by atoms with E-state index in [0.29, 0.717) is 11.3 Å². The second kappa shape index (κ2) is 4.65. The van der Waals surface area contributed by atoms with E-state index in [0.717, 1.165) is 5.56 Å². The number of hydrogen-bond acceptors (Lipinski definition) is 3. The molecule has 0 atom stereocenters. The lowest BCUT2D eigenvalue weighted by atomic mass is 10.1. The molecule has 2 aromatic rings. The Morgan fingerprint density at radius 1 is 1.35 bits per heavy atom. The zero-order valence-electron chi connectivity index (χ0n) is 9.50. The summed E-state index contributed by atoms with van der Waals surface area (Å²) in [5.41, 5.74) is 7.81. The molecule has 0 amide bonds. The number of nitrogens with zero attached hydrogens (tertiary/aromatic N) is 2. The molecular weight excluding hydrogens is 214 g/mol. The van der Waals surface area contributed by atoms with Gasteiger partial charge in [0.05, 0.1) is 11.8 Å². The zero-order chi connectivity index (χ0) is 12.3. The van der Waals surface area contributed by atoms with Crippen LogP contribution in [0.1, 0.15) is 15.9 Å². The van der Waals surface area contributed by atoms with Crippen LogP contribution in [0.15, 0.2) is 42.7 Å². The highest BCUT2D eigenvalue weighted by molar-refractivity contribution is 6.06. The molecule has 0 aliphatic heterocycles. The zero-order valence-corrected chi connectivity index (χ0v) is 9.50. The Hall–Kier alpha value is -2.36. The van der Waals surface area contributed by atoms with Gasteiger partial charge >= 0.3 is 0 Å². The fraction of sp³-hybridized carbons (Fsp3) is 0.0769. The van der Waals surface area contributed by atoms with Crippen LogP contribution in [0, 0.1) is 0 Å². The Bertz CT molecular complexity index is 552. The fourth-order valence-corrected chi connectivity index (χ4v) is 1.42. The SMILES string of the molecule is Cn1cc(C(=O)/C=C/c2ccc(N)cc2)cn1. The van der Waals surface area contributed by atoms with Crippen LogP contribution < -0.4 is 5.73 Å². The van der Waals surface area contributed by atoms with Crippen LogP contribution in [0.2, 0.25) is 0 Å². The first kappa shape index (κ1) is 11.1. The van der Waals surface area contributed by atoms with Gasteiger partial charge in [-0.25, -0.2) is 0 Å². The average molecular weight is 227 g/mol. The van der Waals surface area contributed by atoms with Crippen LogP contribution in [-0.4, -0.2) is 15.6 Å². The predicted octanol–water partition coefficient (Wildman–Crippen LogP) is 1.90. The molecule has 17 heavy (non-hydrogen) atoms. The summed E-state index contributed by atoms with van der Waals surface area (Å²) in [6, 6.07) is 7.33. The van der Waals surface area contributed by atoms with Gasteiger partial charge in [-0.1, -0.05) is 18.2 Å². The third-order valence-corrected chi connectivity index (χ3v) is 2.35. The number of nitrogens with two attached hydrogens (primary N) is 1. The number of hydrogen-bond donors (Lipinski definition) is 1. The number of aryl methyl sites for hydroxylation is 1. The van der Waals surface area contributed by atoms with Gasteiger partial charge in [-0.2, -0.15) is 5.10 Å². The summed E-state index contributed by atoms with van der Waals surface area (Å²) in [5, 5.41) is 3.95.